The maximum atomic E-state index is 11.5. The van der Waals surface area contributed by atoms with Gasteiger partial charge in [0.15, 0.2) is 0 Å². The summed E-state index contributed by atoms with van der Waals surface area (Å²) in [6.07, 6.45) is 1.25. The Morgan fingerprint density at radius 1 is 1.71 bits per heavy atom. The van der Waals surface area contributed by atoms with Crippen molar-refractivity contribution < 1.29 is 9.90 Å². The second kappa shape index (κ2) is 4.49. The first-order chi connectivity index (χ1) is 8.07. The molecule has 1 aliphatic rings. The minimum atomic E-state index is -0.705. The zero-order valence-corrected chi connectivity index (χ0v) is 10.4. The SMILES string of the molecule is CCn1nc(C)cc1CC1(C(=O)O)CCNC1. The van der Waals surface area contributed by atoms with Gasteiger partial charge in [0, 0.05) is 25.2 Å². The van der Waals surface area contributed by atoms with E-state index in [4.69, 9.17) is 0 Å². The summed E-state index contributed by atoms with van der Waals surface area (Å²) in [5, 5.41) is 16.9. The van der Waals surface area contributed by atoms with Gasteiger partial charge in [-0.25, -0.2) is 0 Å². The van der Waals surface area contributed by atoms with Crippen LogP contribution in [-0.4, -0.2) is 33.9 Å². The molecule has 5 heteroatoms. The number of carbonyl (C=O) groups is 1. The van der Waals surface area contributed by atoms with Crippen molar-refractivity contribution >= 4 is 5.97 Å². The summed E-state index contributed by atoms with van der Waals surface area (Å²) in [6.45, 7) is 6.08. The molecule has 0 bridgehead atoms. The molecule has 1 saturated heterocycles. The first-order valence-corrected chi connectivity index (χ1v) is 6.05. The zero-order valence-electron chi connectivity index (χ0n) is 10.4. The van der Waals surface area contributed by atoms with Crippen LogP contribution >= 0.6 is 0 Å². The summed E-state index contributed by atoms with van der Waals surface area (Å²) in [5.41, 5.74) is 1.32. The average molecular weight is 237 g/mol. The molecule has 0 radical (unpaired) electrons. The maximum absolute atomic E-state index is 11.5. The van der Waals surface area contributed by atoms with Crippen molar-refractivity contribution in [3.05, 3.63) is 17.5 Å². The van der Waals surface area contributed by atoms with Crippen molar-refractivity contribution in [1.82, 2.24) is 15.1 Å². The van der Waals surface area contributed by atoms with Gasteiger partial charge in [-0.15, -0.1) is 0 Å². The van der Waals surface area contributed by atoms with Gasteiger partial charge in [0.05, 0.1) is 11.1 Å². The van der Waals surface area contributed by atoms with Crippen LogP contribution in [0.5, 0.6) is 0 Å². The Labute approximate surface area is 101 Å². The quantitative estimate of drug-likeness (QED) is 0.813. The Bertz CT molecular complexity index is 419. The largest absolute Gasteiger partial charge is 0.481 e. The molecule has 1 unspecified atom stereocenters. The molecule has 0 aromatic carbocycles. The lowest BCUT2D eigenvalue weighted by Crippen LogP contribution is -2.36. The molecular formula is C12H19N3O2. The topological polar surface area (TPSA) is 67.2 Å². The van der Waals surface area contributed by atoms with Crippen molar-refractivity contribution in [1.29, 1.82) is 0 Å². The van der Waals surface area contributed by atoms with Crippen LogP contribution in [0, 0.1) is 12.3 Å². The molecular weight excluding hydrogens is 218 g/mol. The van der Waals surface area contributed by atoms with Crippen LogP contribution in [0.2, 0.25) is 0 Å². The van der Waals surface area contributed by atoms with Crippen molar-refractivity contribution in [3.8, 4) is 0 Å². The number of aromatic nitrogens is 2. The molecule has 5 nitrogen and oxygen atoms in total. The Morgan fingerprint density at radius 3 is 3.00 bits per heavy atom. The van der Waals surface area contributed by atoms with Gasteiger partial charge >= 0.3 is 5.97 Å². The summed E-state index contributed by atoms with van der Waals surface area (Å²) >= 11 is 0. The highest BCUT2D eigenvalue weighted by molar-refractivity contribution is 5.75. The van der Waals surface area contributed by atoms with E-state index in [1.54, 1.807) is 0 Å². The number of hydrogen-bond acceptors (Lipinski definition) is 3. The van der Waals surface area contributed by atoms with E-state index in [-0.39, 0.29) is 0 Å². The van der Waals surface area contributed by atoms with Gasteiger partial charge in [0.2, 0.25) is 0 Å². The van der Waals surface area contributed by atoms with Gasteiger partial charge in [-0.3, -0.25) is 9.48 Å². The standard InChI is InChI=1S/C12H19N3O2/c1-3-15-10(6-9(2)14-15)7-12(11(16)17)4-5-13-8-12/h6,13H,3-5,7-8H2,1-2H3,(H,16,17). The van der Waals surface area contributed by atoms with E-state index in [2.05, 4.69) is 10.4 Å². The van der Waals surface area contributed by atoms with E-state index < -0.39 is 11.4 Å². The molecule has 17 heavy (non-hydrogen) atoms. The van der Waals surface area contributed by atoms with Crippen LogP contribution in [0.25, 0.3) is 0 Å². The summed E-state index contributed by atoms with van der Waals surface area (Å²) in [4.78, 5) is 11.5. The number of hydrogen-bond donors (Lipinski definition) is 2. The first kappa shape index (κ1) is 12.1. The van der Waals surface area contributed by atoms with E-state index in [0.29, 0.717) is 19.4 Å². The Morgan fingerprint density at radius 2 is 2.47 bits per heavy atom. The first-order valence-electron chi connectivity index (χ1n) is 6.05. The number of nitrogens with one attached hydrogen (secondary N) is 1. The molecule has 0 amide bonds. The van der Waals surface area contributed by atoms with Crippen LogP contribution in [0.4, 0.5) is 0 Å². The molecule has 1 aromatic heterocycles. The normalized spacial score (nSPS) is 24.1. The van der Waals surface area contributed by atoms with Crippen LogP contribution in [0.1, 0.15) is 24.7 Å². The third kappa shape index (κ3) is 2.20. The molecule has 0 spiro atoms. The number of rotatable bonds is 4. The number of carboxylic acids is 1. The molecule has 94 valence electrons. The van der Waals surface area contributed by atoms with Gasteiger partial charge in [-0.2, -0.15) is 5.10 Å². The van der Waals surface area contributed by atoms with Crippen LogP contribution in [0.15, 0.2) is 6.07 Å². The monoisotopic (exact) mass is 237 g/mol. The summed E-state index contributed by atoms with van der Waals surface area (Å²) < 4.78 is 1.90. The van der Waals surface area contributed by atoms with E-state index in [9.17, 15) is 9.90 Å². The van der Waals surface area contributed by atoms with Crippen molar-refractivity contribution in [2.24, 2.45) is 5.41 Å². The van der Waals surface area contributed by atoms with Gasteiger partial charge in [-0.1, -0.05) is 0 Å². The fourth-order valence-corrected chi connectivity index (χ4v) is 2.51. The fourth-order valence-electron chi connectivity index (χ4n) is 2.51. The van der Waals surface area contributed by atoms with Crippen LogP contribution in [-0.2, 0) is 17.8 Å². The minimum Gasteiger partial charge on any atom is -0.481 e. The van der Waals surface area contributed by atoms with E-state index in [1.807, 2.05) is 24.6 Å². The van der Waals surface area contributed by atoms with Gasteiger partial charge in [-0.05, 0) is 32.9 Å². The summed E-state index contributed by atoms with van der Waals surface area (Å²) in [5.74, 6) is -0.705. The van der Waals surface area contributed by atoms with Crippen molar-refractivity contribution in [2.45, 2.75) is 33.2 Å². The van der Waals surface area contributed by atoms with Gasteiger partial charge < -0.3 is 10.4 Å². The van der Waals surface area contributed by atoms with Gasteiger partial charge in [0.1, 0.15) is 0 Å². The van der Waals surface area contributed by atoms with Crippen LogP contribution < -0.4 is 5.32 Å². The minimum absolute atomic E-state index is 0.552. The number of aryl methyl sites for hydroxylation is 2. The highest BCUT2D eigenvalue weighted by Crippen LogP contribution is 2.30. The molecule has 1 aliphatic heterocycles. The Hall–Kier alpha value is -1.36. The van der Waals surface area contributed by atoms with Crippen LogP contribution in [0.3, 0.4) is 0 Å². The summed E-state index contributed by atoms with van der Waals surface area (Å²) in [7, 11) is 0. The van der Waals surface area contributed by atoms with E-state index in [1.165, 1.54) is 0 Å². The van der Waals surface area contributed by atoms with Crippen molar-refractivity contribution in [3.63, 3.8) is 0 Å². The number of carboxylic acid groups (broad SMARTS) is 1. The predicted octanol–water partition coefficient (Wildman–Crippen LogP) is 0.818. The smallest absolute Gasteiger partial charge is 0.311 e. The van der Waals surface area contributed by atoms with Crippen molar-refractivity contribution in [2.75, 3.05) is 13.1 Å². The maximum Gasteiger partial charge on any atom is 0.311 e. The second-order valence-electron chi connectivity index (χ2n) is 4.78. The Balaban J connectivity index is 2.26. The third-order valence-electron chi connectivity index (χ3n) is 3.50. The lowest BCUT2D eigenvalue weighted by molar-refractivity contribution is -0.147. The zero-order chi connectivity index (χ0) is 12.5. The molecule has 0 saturated carbocycles. The highest BCUT2D eigenvalue weighted by Gasteiger charge is 2.42. The summed E-state index contributed by atoms with van der Waals surface area (Å²) in [6, 6.07) is 1.99. The third-order valence-corrected chi connectivity index (χ3v) is 3.50. The Kier molecular flexibility index (Phi) is 3.19. The lowest BCUT2D eigenvalue weighted by Gasteiger charge is -2.23. The van der Waals surface area contributed by atoms with Gasteiger partial charge in [0.25, 0.3) is 0 Å². The predicted molar refractivity (Wildman–Crippen MR) is 63.9 cm³/mol. The highest BCUT2D eigenvalue weighted by atomic mass is 16.4. The number of nitrogens with zero attached hydrogens (tertiary/aromatic N) is 2. The fraction of sp³-hybridized carbons (Fsp3) is 0.667. The molecule has 1 aromatic rings. The van der Waals surface area contributed by atoms with E-state index in [0.717, 1.165) is 24.5 Å². The lowest BCUT2D eigenvalue weighted by atomic mass is 9.82. The molecule has 2 N–H and O–H groups in total. The molecule has 1 atom stereocenters. The molecule has 1 fully saturated rings. The second-order valence-corrected chi connectivity index (χ2v) is 4.78. The molecule has 2 rings (SSSR count). The molecule has 0 aliphatic carbocycles. The number of aliphatic carboxylic acids is 1. The van der Waals surface area contributed by atoms with E-state index >= 15 is 0 Å². The molecule has 2 heterocycles. The average Bonchev–Trinajstić information content (AvgIpc) is 2.86.